The van der Waals surface area contributed by atoms with Gasteiger partial charge in [-0.05, 0) is 18.9 Å². The van der Waals surface area contributed by atoms with Gasteiger partial charge in [0.15, 0.2) is 5.82 Å². The lowest BCUT2D eigenvalue weighted by Gasteiger charge is -2.21. The molecular weight excluding hydrogens is 282 g/mol. The summed E-state index contributed by atoms with van der Waals surface area (Å²) < 4.78 is 5.24. The molecule has 1 aliphatic rings. The molecule has 1 atom stereocenters. The molecule has 2 rings (SSSR count). The van der Waals surface area contributed by atoms with E-state index in [1.165, 1.54) is 38.5 Å². The van der Waals surface area contributed by atoms with Crippen LogP contribution >= 0.6 is 0 Å². The molecule has 3 N–H and O–H groups in total. The smallest absolute Gasteiger partial charge is 0.304 e. The topological polar surface area (TPSA) is 102 Å². The average molecular weight is 309 g/mol. The van der Waals surface area contributed by atoms with Crippen LogP contribution in [0.1, 0.15) is 75.4 Å². The van der Waals surface area contributed by atoms with Gasteiger partial charge in [-0.25, -0.2) is 0 Å². The van der Waals surface area contributed by atoms with E-state index >= 15 is 0 Å². The van der Waals surface area contributed by atoms with E-state index in [9.17, 15) is 4.79 Å². The van der Waals surface area contributed by atoms with E-state index in [1.54, 1.807) is 0 Å². The minimum absolute atomic E-state index is 0.0505. The number of carboxylic acid groups (broad SMARTS) is 1. The standard InChI is InChI=1S/C16H27N3O3/c17-10-9-14-18-16(22-19-14)13(11-15(20)21)8-4-7-12-5-2-1-3-6-12/h12-13H,1-11,17H2,(H,20,21)/t13-/m1/s1. The second-order valence-electron chi connectivity index (χ2n) is 6.32. The minimum atomic E-state index is -0.818. The van der Waals surface area contributed by atoms with E-state index in [4.69, 9.17) is 15.4 Å². The van der Waals surface area contributed by atoms with E-state index in [2.05, 4.69) is 10.1 Å². The van der Waals surface area contributed by atoms with E-state index in [-0.39, 0.29) is 12.3 Å². The molecule has 0 aliphatic heterocycles. The molecule has 0 saturated heterocycles. The zero-order chi connectivity index (χ0) is 15.8. The van der Waals surface area contributed by atoms with Crippen molar-refractivity contribution in [3.05, 3.63) is 11.7 Å². The van der Waals surface area contributed by atoms with Gasteiger partial charge in [0.2, 0.25) is 5.89 Å². The second-order valence-corrected chi connectivity index (χ2v) is 6.32. The Labute approximate surface area is 131 Å². The van der Waals surface area contributed by atoms with E-state index in [0.717, 1.165) is 18.8 Å². The molecule has 6 heteroatoms. The number of rotatable bonds is 9. The van der Waals surface area contributed by atoms with Crippen molar-refractivity contribution in [1.82, 2.24) is 10.1 Å². The third kappa shape index (κ3) is 5.40. The predicted octanol–water partition coefficient (Wildman–Crippen LogP) is 2.88. The molecule has 0 bridgehead atoms. The van der Waals surface area contributed by atoms with Crippen molar-refractivity contribution in [3.63, 3.8) is 0 Å². The quantitative estimate of drug-likeness (QED) is 0.727. The summed E-state index contributed by atoms with van der Waals surface area (Å²) in [6, 6.07) is 0. The van der Waals surface area contributed by atoms with Crippen molar-refractivity contribution >= 4 is 5.97 Å². The molecule has 1 aromatic heterocycles. The third-order valence-corrected chi connectivity index (χ3v) is 4.51. The fourth-order valence-corrected chi connectivity index (χ4v) is 3.32. The number of aromatic nitrogens is 2. The molecule has 1 saturated carbocycles. The van der Waals surface area contributed by atoms with Gasteiger partial charge < -0.3 is 15.4 Å². The summed E-state index contributed by atoms with van der Waals surface area (Å²) in [6.07, 6.45) is 10.3. The molecule has 124 valence electrons. The van der Waals surface area contributed by atoms with Crippen molar-refractivity contribution in [2.75, 3.05) is 6.54 Å². The molecule has 0 radical (unpaired) electrons. The van der Waals surface area contributed by atoms with E-state index in [0.29, 0.717) is 24.7 Å². The Morgan fingerprint density at radius 3 is 2.82 bits per heavy atom. The van der Waals surface area contributed by atoms with Crippen LogP contribution in [0.3, 0.4) is 0 Å². The highest BCUT2D eigenvalue weighted by molar-refractivity contribution is 5.67. The Balaban J connectivity index is 1.86. The van der Waals surface area contributed by atoms with Gasteiger partial charge in [0.1, 0.15) is 0 Å². The van der Waals surface area contributed by atoms with Crippen LogP contribution in [-0.2, 0) is 11.2 Å². The van der Waals surface area contributed by atoms with E-state index < -0.39 is 5.97 Å². The molecule has 0 amide bonds. The van der Waals surface area contributed by atoms with Gasteiger partial charge in [0.05, 0.1) is 6.42 Å². The Kier molecular flexibility index (Phi) is 6.83. The van der Waals surface area contributed by atoms with Crippen molar-refractivity contribution in [3.8, 4) is 0 Å². The van der Waals surface area contributed by atoms with Gasteiger partial charge in [0.25, 0.3) is 0 Å². The number of aliphatic carboxylic acids is 1. The lowest BCUT2D eigenvalue weighted by atomic mass is 9.84. The molecule has 1 aromatic rings. The number of hydrogen-bond donors (Lipinski definition) is 2. The van der Waals surface area contributed by atoms with Crippen molar-refractivity contribution in [2.24, 2.45) is 11.7 Å². The lowest BCUT2D eigenvalue weighted by molar-refractivity contribution is -0.137. The van der Waals surface area contributed by atoms with Crippen molar-refractivity contribution in [1.29, 1.82) is 0 Å². The van der Waals surface area contributed by atoms with Crippen molar-refractivity contribution < 1.29 is 14.4 Å². The summed E-state index contributed by atoms with van der Waals surface area (Å²) in [4.78, 5) is 15.4. The molecule has 0 spiro atoms. The number of nitrogens with two attached hydrogens (primary N) is 1. The van der Waals surface area contributed by atoms with Gasteiger partial charge in [-0.2, -0.15) is 4.98 Å². The van der Waals surface area contributed by atoms with Crippen LogP contribution in [0.25, 0.3) is 0 Å². The van der Waals surface area contributed by atoms with Gasteiger partial charge in [-0.15, -0.1) is 0 Å². The summed E-state index contributed by atoms with van der Waals surface area (Å²) >= 11 is 0. The molecule has 22 heavy (non-hydrogen) atoms. The highest BCUT2D eigenvalue weighted by Crippen LogP contribution is 2.31. The average Bonchev–Trinajstić information content (AvgIpc) is 2.96. The molecular formula is C16H27N3O3. The molecule has 0 aromatic carbocycles. The predicted molar refractivity (Wildman–Crippen MR) is 82.5 cm³/mol. The third-order valence-electron chi connectivity index (χ3n) is 4.51. The van der Waals surface area contributed by atoms with Crippen LogP contribution in [0.5, 0.6) is 0 Å². The number of carbonyl (C=O) groups is 1. The first kappa shape index (κ1) is 16.9. The van der Waals surface area contributed by atoms with Crippen LogP contribution < -0.4 is 5.73 Å². The lowest BCUT2D eigenvalue weighted by Crippen LogP contribution is -2.10. The highest BCUT2D eigenvalue weighted by Gasteiger charge is 2.22. The molecule has 1 heterocycles. The van der Waals surface area contributed by atoms with Crippen LogP contribution in [0, 0.1) is 5.92 Å². The van der Waals surface area contributed by atoms with Crippen LogP contribution in [0.4, 0.5) is 0 Å². The van der Waals surface area contributed by atoms with Crippen LogP contribution in [0.2, 0.25) is 0 Å². The zero-order valence-electron chi connectivity index (χ0n) is 13.2. The Morgan fingerprint density at radius 1 is 1.36 bits per heavy atom. The summed E-state index contributed by atoms with van der Waals surface area (Å²) in [6.45, 7) is 0.463. The Bertz CT molecular complexity index is 455. The SMILES string of the molecule is NCCc1noc([C@H](CCCC2CCCCC2)CC(=O)O)n1. The largest absolute Gasteiger partial charge is 0.481 e. The van der Waals surface area contributed by atoms with Crippen LogP contribution in [0.15, 0.2) is 4.52 Å². The summed E-state index contributed by atoms with van der Waals surface area (Å²) in [5.41, 5.74) is 5.47. The summed E-state index contributed by atoms with van der Waals surface area (Å²) in [5.74, 6) is 0.839. The second kappa shape index (κ2) is 8.88. The van der Waals surface area contributed by atoms with Gasteiger partial charge >= 0.3 is 5.97 Å². The number of hydrogen-bond acceptors (Lipinski definition) is 5. The first-order valence-corrected chi connectivity index (χ1v) is 8.43. The van der Waals surface area contributed by atoms with E-state index in [1.807, 2.05) is 0 Å². The molecule has 1 aliphatic carbocycles. The first-order chi connectivity index (χ1) is 10.7. The Morgan fingerprint density at radius 2 is 2.14 bits per heavy atom. The van der Waals surface area contributed by atoms with Crippen molar-refractivity contribution in [2.45, 2.75) is 70.1 Å². The normalized spacial score (nSPS) is 17.5. The first-order valence-electron chi connectivity index (χ1n) is 8.43. The monoisotopic (exact) mass is 309 g/mol. The number of nitrogens with zero attached hydrogens (tertiary/aromatic N) is 2. The highest BCUT2D eigenvalue weighted by atomic mass is 16.5. The zero-order valence-corrected chi connectivity index (χ0v) is 13.2. The fourth-order valence-electron chi connectivity index (χ4n) is 3.32. The fraction of sp³-hybridized carbons (Fsp3) is 0.812. The minimum Gasteiger partial charge on any atom is -0.481 e. The van der Waals surface area contributed by atoms with Gasteiger partial charge in [0, 0.05) is 12.3 Å². The maximum atomic E-state index is 11.1. The Hall–Kier alpha value is -1.43. The van der Waals surface area contributed by atoms with Crippen LogP contribution in [-0.4, -0.2) is 27.8 Å². The summed E-state index contributed by atoms with van der Waals surface area (Å²) in [5, 5.41) is 13.0. The maximum Gasteiger partial charge on any atom is 0.304 e. The van der Waals surface area contributed by atoms with Gasteiger partial charge in [-0.3, -0.25) is 4.79 Å². The van der Waals surface area contributed by atoms with Gasteiger partial charge in [-0.1, -0.05) is 50.1 Å². The molecule has 0 unspecified atom stereocenters. The number of carboxylic acids is 1. The maximum absolute atomic E-state index is 11.1. The molecule has 1 fully saturated rings. The summed E-state index contributed by atoms with van der Waals surface area (Å²) in [7, 11) is 0. The molecule has 6 nitrogen and oxygen atoms in total.